The van der Waals surface area contributed by atoms with Crippen molar-refractivity contribution in [1.29, 1.82) is 0 Å². The van der Waals surface area contributed by atoms with Gasteiger partial charge in [-0.3, -0.25) is 4.85 Å². The molecule has 2 aromatic rings. The number of anilines is 3. The molecule has 0 aromatic heterocycles. The fourth-order valence-electron chi connectivity index (χ4n) is 3.69. The first-order chi connectivity index (χ1) is 11.4. The fourth-order valence-corrected chi connectivity index (χ4v) is 3.69. The van der Waals surface area contributed by atoms with Gasteiger partial charge in [0.2, 0.25) is 5.69 Å². The smallest absolute Gasteiger partial charge is 0.219 e. The average molecular weight is 316 g/mol. The van der Waals surface area contributed by atoms with Crippen molar-refractivity contribution < 1.29 is 0 Å². The number of rotatable bonds is 1. The Morgan fingerprint density at radius 1 is 0.958 bits per heavy atom. The minimum atomic E-state index is 0.0848. The molecule has 0 radical (unpaired) electrons. The minimum Gasteiger partial charge on any atom is -0.354 e. The molecule has 120 valence electrons. The molecule has 0 fully saturated rings. The first kappa shape index (κ1) is 15.9. The molecule has 4 heteroatoms. The second-order valence-electron chi connectivity index (χ2n) is 6.38. The normalized spacial score (nSPS) is 15.9. The van der Waals surface area contributed by atoms with Crippen LogP contribution in [0, 0.1) is 33.9 Å². The predicted octanol–water partition coefficient (Wildman–Crippen LogP) is 5.65. The van der Waals surface area contributed by atoms with E-state index in [-0.39, 0.29) is 6.17 Å². The summed E-state index contributed by atoms with van der Waals surface area (Å²) in [5.74, 6) is 0. The third kappa shape index (κ3) is 2.12. The molecule has 1 aliphatic rings. The van der Waals surface area contributed by atoms with Gasteiger partial charge in [-0.05, 0) is 44.9 Å². The van der Waals surface area contributed by atoms with Gasteiger partial charge in [0.1, 0.15) is 6.17 Å². The molecular formula is C20H20N4. The molecule has 0 spiro atoms. The van der Waals surface area contributed by atoms with Gasteiger partial charge >= 0.3 is 0 Å². The van der Waals surface area contributed by atoms with Gasteiger partial charge in [0.05, 0.1) is 18.8 Å². The quantitative estimate of drug-likeness (QED) is 0.632. The highest BCUT2D eigenvalue weighted by molar-refractivity contribution is 5.99. The lowest BCUT2D eigenvalue weighted by molar-refractivity contribution is 0.731. The second-order valence-corrected chi connectivity index (χ2v) is 6.38. The Balaban J connectivity index is 2.35. The molecule has 2 aromatic carbocycles. The van der Waals surface area contributed by atoms with Crippen LogP contribution in [0.3, 0.4) is 0 Å². The summed E-state index contributed by atoms with van der Waals surface area (Å²) < 4.78 is 0. The van der Waals surface area contributed by atoms with Gasteiger partial charge in [-0.25, -0.2) is 4.85 Å². The molecule has 4 nitrogen and oxygen atoms in total. The van der Waals surface area contributed by atoms with Crippen LogP contribution in [0.15, 0.2) is 24.3 Å². The topological polar surface area (TPSA) is 15.2 Å². The molecule has 0 N–H and O–H groups in total. The Bertz CT molecular complexity index is 891. The van der Waals surface area contributed by atoms with Crippen LogP contribution in [0.5, 0.6) is 0 Å². The lowest BCUT2D eigenvalue weighted by Crippen LogP contribution is -2.36. The van der Waals surface area contributed by atoms with E-state index in [9.17, 15) is 0 Å². The van der Waals surface area contributed by atoms with Gasteiger partial charge in [-0.2, -0.15) is 0 Å². The van der Waals surface area contributed by atoms with Crippen LogP contribution in [0.2, 0.25) is 0 Å². The zero-order chi connectivity index (χ0) is 17.6. The Morgan fingerprint density at radius 2 is 1.58 bits per heavy atom. The molecule has 0 amide bonds. The van der Waals surface area contributed by atoms with E-state index in [1.807, 2.05) is 13.1 Å². The van der Waals surface area contributed by atoms with Crippen molar-refractivity contribution in [3.8, 4) is 0 Å². The molecule has 1 atom stereocenters. The fraction of sp³-hybridized carbons (Fsp3) is 0.300. The van der Waals surface area contributed by atoms with Crippen LogP contribution in [-0.4, -0.2) is 13.2 Å². The van der Waals surface area contributed by atoms with Crippen molar-refractivity contribution in [2.75, 3.05) is 16.8 Å². The predicted molar refractivity (Wildman–Crippen MR) is 99.6 cm³/mol. The summed E-state index contributed by atoms with van der Waals surface area (Å²) in [6.07, 6.45) is 0.0848. The molecule has 1 heterocycles. The first-order valence-corrected chi connectivity index (χ1v) is 7.92. The monoisotopic (exact) mass is 316 g/mol. The Labute approximate surface area is 143 Å². The van der Waals surface area contributed by atoms with E-state index in [2.05, 4.69) is 59.3 Å². The van der Waals surface area contributed by atoms with E-state index in [4.69, 9.17) is 13.1 Å². The van der Waals surface area contributed by atoms with Crippen LogP contribution in [0.1, 0.15) is 23.6 Å². The van der Waals surface area contributed by atoms with Crippen molar-refractivity contribution in [1.82, 2.24) is 0 Å². The molecule has 1 aliphatic heterocycles. The summed E-state index contributed by atoms with van der Waals surface area (Å²) >= 11 is 0. The SMILES string of the molecule is [C-]#[N+]c1ccc2c(c1[N+]#[C-])N(c1c(C)cc(C)cc1C)[C@@H](C)N2C. The lowest BCUT2D eigenvalue weighted by atomic mass is 10.0. The van der Waals surface area contributed by atoms with Crippen molar-refractivity contribution in [2.24, 2.45) is 0 Å². The molecule has 0 aliphatic carbocycles. The third-order valence-electron chi connectivity index (χ3n) is 4.77. The highest BCUT2D eigenvalue weighted by atomic mass is 15.4. The molecular weight excluding hydrogens is 296 g/mol. The van der Waals surface area contributed by atoms with Crippen LogP contribution in [0.4, 0.5) is 28.4 Å². The van der Waals surface area contributed by atoms with Gasteiger partial charge in [0.25, 0.3) is 0 Å². The van der Waals surface area contributed by atoms with E-state index >= 15 is 0 Å². The number of hydrogen-bond acceptors (Lipinski definition) is 2. The average Bonchev–Trinajstić information content (AvgIpc) is 2.78. The molecule has 24 heavy (non-hydrogen) atoms. The van der Waals surface area contributed by atoms with Crippen LogP contribution in [-0.2, 0) is 0 Å². The van der Waals surface area contributed by atoms with Crippen molar-refractivity contribution in [3.63, 3.8) is 0 Å². The second kappa shape index (κ2) is 5.58. The van der Waals surface area contributed by atoms with E-state index in [1.165, 1.54) is 16.7 Å². The molecule has 0 saturated carbocycles. The maximum absolute atomic E-state index is 7.62. The molecule has 3 rings (SSSR count). The zero-order valence-electron chi connectivity index (χ0n) is 14.7. The van der Waals surface area contributed by atoms with Crippen LogP contribution in [0.25, 0.3) is 9.69 Å². The Hall–Kier alpha value is -2.98. The summed E-state index contributed by atoms with van der Waals surface area (Å²) in [5, 5.41) is 0. The molecule has 0 unspecified atom stereocenters. The first-order valence-electron chi connectivity index (χ1n) is 7.92. The summed E-state index contributed by atoms with van der Waals surface area (Å²) in [4.78, 5) is 11.6. The van der Waals surface area contributed by atoms with Gasteiger partial charge in [-0.15, -0.1) is 0 Å². The van der Waals surface area contributed by atoms with Gasteiger partial charge < -0.3 is 9.80 Å². The molecule has 0 bridgehead atoms. The van der Waals surface area contributed by atoms with Crippen molar-refractivity contribution in [3.05, 3.63) is 63.8 Å². The summed E-state index contributed by atoms with van der Waals surface area (Å²) in [6.45, 7) is 23.4. The number of nitrogens with zero attached hydrogens (tertiary/aromatic N) is 4. The van der Waals surface area contributed by atoms with E-state index in [1.54, 1.807) is 6.07 Å². The summed E-state index contributed by atoms with van der Waals surface area (Å²) in [7, 11) is 2.04. The van der Waals surface area contributed by atoms with E-state index < -0.39 is 0 Å². The van der Waals surface area contributed by atoms with E-state index in [0.29, 0.717) is 11.4 Å². The van der Waals surface area contributed by atoms with Gasteiger partial charge in [0, 0.05) is 18.4 Å². The highest BCUT2D eigenvalue weighted by Crippen LogP contribution is 2.53. The third-order valence-corrected chi connectivity index (χ3v) is 4.77. The van der Waals surface area contributed by atoms with Crippen LogP contribution >= 0.6 is 0 Å². The Morgan fingerprint density at radius 3 is 2.12 bits per heavy atom. The number of fused-ring (bicyclic) bond motifs is 1. The summed E-state index contributed by atoms with van der Waals surface area (Å²) in [5.41, 5.74) is 7.44. The van der Waals surface area contributed by atoms with E-state index in [0.717, 1.165) is 17.1 Å². The van der Waals surface area contributed by atoms with Gasteiger partial charge in [-0.1, -0.05) is 23.8 Å². The van der Waals surface area contributed by atoms with Gasteiger partial charge in [0.15, 0.2) is 5.69 Å². The number of aryl methyl sites for hydroxylation is 3. The maximum atomic E-state index is 7.62. The zero-order valence-corrected chi connectivity index (χ0v) is 14.7. The highest BCUT2D eigenvalue weighted by Gasteiger charge is 2.35. The number of hydrogen-bond donors (Lipinski definition) is 0. The minimum absolute atomic E-state index is 0.0848. The largest absolute Gasteiger partial charge is 0.354 e. The summed E-state index contributed by atoms with van der Waals surface area (Å²) in [6, 6.07) is 8.04. The maximum Gasteiger partial charge on any atom is 0.219 e. The standard InChI is InChI=1S/C20H20N4/c1-12-10-13(2)19(14(3)11-12)24-15(4)23(7)17-9-8-16(21-5)18(22-6)20(17)24/h8-11,15H,1-4,7H3/t15-/m0/s1. The van der Waals surface area contributed by atoms with Crippen molar-refractivity contribution >= 4 is 28.4 Å². The Kier molecular flexibility index (Phi) is 3.70. The molecule has 0 saturated heterocycles. The van der Waals surface area contributed by atoms with Crippen molar-refractivity contribution in [2.45, 2.75) is 33.9 Å². The number of benzene rings is 2. The van der Waals surface area contributed by atoms with Crippen LogP contribution < -0.4 is 9.80 Å². The lowest BCUT2D eigenvalue weighted by Gasteiger charge is -2.31.